The molecule has 17 heavy (non-hydrogen) atoms. The fraction of sp³-hybridized carbons (Fsp3) is 0.300. The highest BCUT2D eigenvalue weighted by atomic mass is 32.1. The molecule has 0 radical (unpaired) electrons. The number of anilines is 1. The predicted octanol–water partition coefficient (Wildman–Crippen LogP) is 1.37. The van der Waals surface area contributed by atoms with Crippen LogP contribution in [0, 0.1) is 6.92 Å². The van der Waals surface area contributed by atoms with Crippen molar-refractivity contribution in [3.8, 4) is 0 Å². The number of aryl methyl sites for hydroxylation is 2. The molecule has 0 aromatic carbocycles. The Bertz CT molecular complexity index is 527. The van der Waals surface area contributed by atoms with E-state index in [1.807, 2.05) is 25.3 Å². The molecule has 0 saturated carbocycles. The van der Waals surface area contributed by atoms with Gasteiger partial charge in [0.1, 0.15) is 0 Å². The standard InChI is InChI=1S/C10H14N6S/c1-3-9-13-15-10(16(9)11)14-12-6-8-7(2)4-5-17-8/h4-6H,3,11H2,1-2H3,(H,14,15)/b12-6-. The largest absolute Gasteiger partial charge is 0.335 e. The Labute approximate surface area is 103 Å². The number of rotatable bonds is 4. The summed E-state index contributed by atoms with van der Waals surface area (Å²) in [7, 11) is 0. The van der Waals surface area contributed by atoms with Crippen LogP contribution in [0.3, 0.4) is 0 Å². The molecule has 0 saturated heterocycles. The number of nitrogens with two attached hydrogens (primary N) is 1. The zero-order valence-electron chi connectivity index (χ0n) is 9.71. The molecule has 0 aliphatic carbocycles. The number of nitrogens with one attached hydrogen (secondary N) is 1. The van der Waals surface area contributed by atoms with E-state index in [2.05, 4.69) is 20.7 Å². The summed E-state index contributed by atoms with van der Waals surface area (Å²) in [5.41, 5.74) is 3.97. The normalized spacial score (nSPS) is 11.2. The summed E-state index contributed by atoms with van der Waals surface area (Å²) in [4.78, 5) is 1.11. The Morgan fingerprint density at radius 1 is 1.59 bits per heavy atom. The molecular formula is C10H14N6S. The average molecular weight is 250 g/mol. The first kappa shape index (κ1) is 11.6. The van der Waals surface area contributed by atoms with Gasteiger partial charge in [0.25, 0.3) is 5.95 Å². The summed E-state index contributed by atoms with van der Waals surface area (Å²) < 4.78 is 1.40. The van der Waals surface area contributed by atoms with Crippen LogP contribution in [0.15, 0.2) is 16.5 Å². The summed E-state index contributed by atoms with van der Waals surface area (Å²) in [6.07, 6.45) is 2.49. The van der Waals surface area contributed by atoms with Crippen molar-refractivity contribution >= 4 is 23.5 Å². The highest BCUT2D eigenvalue weighted by Gasteiger charge is 2.05. The van der Waals surface area contributed by atoms with Crippen molar-refractivity contribution in [1.82, 2.24) is 14.9 Å². The van der Waals surface area contributed by atoms with Crippen LogP contribution in [-0.2, 0) is 6.42 Å². The summed E-state index contributed by atoms with van der Waals surface area (Å²) >= 11 is 1.64. The molecule has 0 amide bonds. The quantitative estimate of drug-likeness (QED) is 0.488. The van der Waals surface area contributed by atoms with Crippen LogP contribution >= 0.6 is 11.3 Å². The van der Waals surface area contributed by atoms with Crippen LogP contribution in [0.2, 0.25) is 0 Å². The van der Waals surface area contributed by atoms with E-state index in [1.54, 1.807) is 17.6 Å². The average Bonchev–Trinajstić information content (AvgIpc) is 2.87. The third-order valence-corrected chi connectivity index (χ3v) is 3.28. The van der Waals surface area contributed by atoms with Gasteiger partial charge in [0.05, 0.1) is 6.21 Å². The molecule has 0 aliphatic rings. The molecule has 2 aromatic rings. The van der Waals surface area contributed by atoms with Crippen LogP contribution in [0.25, 0.3) is 0 Å². The van der Waals surface area contributed by atoms with E-state index in [-0.39, 0.29) is 0 Å². The van der Waals surface area contributed by atoms with Crippen molar-refractivity contribution in [1.29, 1.82) is 0 Å². The topological polar surface area (TPSA) is 81.1 Å². The van der Waals surface area contributed by atoms with Crippen LogP contribution in [0.4, 0.5) is 5.95 Å². The molecule has 2 aromatic heterocycles. The van der Waals surface area contributed by atoms with Crippen molar-refractivity contribution < 1.29 is 0 Å². The third-order valence-electron chi connectivity index (χ3n) is 2.33. The molecule has 0 bridgehead atoms. The van der Waals surface area contributed by atoms with Gasteiger partial charge in [-0.15, -0.1) is 21.5 Å². The number of hydrogen-bond acceptors (Lipinski definition) is 6. The lowest BCUT2D eigenvalue weighted by Crippen LogP contribution is -2.14. The monoisotopic (exact) mass is 250 g/mol. The first-order valence-electron chi connectivity index (χ1n) is 5.25. The Morgan fingerprint density at radius 3 is 3.00 bits per heavy atom. The maximum atomic E-state index is 5.76. The van der Waals surface area contributed by atoms with Gasteiger partial charge in [-0.05, 0) is 23.9 Å². The third kappa shape index (κ3) is 2.44. The first-order chi connectivity index (χ1) is 8.22. The maximum absolute atomic E-state index is 5.76. The molecule has 7 heteroatoms. The van der Waals surface area contributed by atoms with Gasteiger partial charge in [0, 0.05) is 11.3 Å². The second-order valence-corrected chi connectivity index (χ2v) is 4.45. The van der Waals surface area contributed by atoms with Gasteiger partial charge in [-0.25, -0.2) is 10.1 Å². The zero-order chi connectivity index (χ0) is 12.3. The minimum Gasteiger partial charge on any atom is -0.335 e. The Kier molecular flexibility index (Phi) is 3.38. The van der Waals surface area contributed by atoms with Crippen molar-refractivity contribution in [3.63, 3.8) is 0 Å². The Hall–Kier alpha value is -1.89. The second-order valence-electron chi connectivity index (χ2n) is 3.50. The highest BCUT2D eigenvalue weighted by molar-refractivity contribution is 7.11. The van der Waals surface area contributed by atoms with E-state index in [0.717, 1.165) is 17.1 Å². The zero-order valence-corrected chi connectivity index (χ0v) is 10.5. The molecule has 0 unspecified atom stereocenters. The highest BCUT2D eigenvalue weighted by Crippen LogP contribution is 2.12. The fourth-order valence-electron chi connectivity index (χ4n) is 1.31. The van der Waals surface area contributed by atoms with Crippen molar-refractivity contribution in [3.05, 3.63) is 27.7 Å². The Morgan fingerprint density at radius 2 is 2.41 bits per heavy atom. The molecule has 0 atom stereocenters. The first-order valence-corrected chi connectivity index (χ1v) is 6.13. The lowest BCUT2D eigenvalue weighted by molar-refractivity contribution is 0.855. The number of thiophene rings is 1. The Balaban J connectivity index is 2.05. The molecule has 3 N–H and O–H groups in total. The molecule has 0 aliphatic heterocycles. The summed E-state index contributed by atoms with van der Waals surface area (Å²) in [6.45, 7) is 4.01. The lowest BCUT2D eigenvalue weighted by Gasteiger charge is -2.00. The minimum absolute atomic E-state index is 0.437. The van der Waals surface area contributed by atoms with E-state index >= 15 is 0 Å². The molecule has 0 spiro atoms. The van der Waals surface area contributed by atoms with Crippen LogP contribution in [0.1, 0.15) is 23.2 Å². The van der Waals surface area contributed by atoms with E-state index in [0.29, 0.717) is 5.95 Å². The molecule has 6 nitrogen and oxygen atoms in total. The van der Waals surface area contributed by atoms with Crippen LogP contribution < -0.4 is 11.3 Å². The van der Waals surface area contributed by atoms with Crippen LogP contribution in [-0.4, -0.2) is 21.1 Å². The van der Waals surface area contributed by atoms with E-state index in [9.17, 15) is 0 Å². The number of hydrazone groups is 1. The second kappa shape index (κ2) is 4.96. The summed E-state index contributed by atoms with van der Waals surface area (Å²) in [5, 5.41) is 13.9. The van der Waals surface area contributed by atoms with Crippen molar-refractivity contribution in [2.75, 3.05) is 11.3 Å². The van der Waals surface area contributed by atoms with E-state index in [1.165, 1.54) is 10.2 Å². The minimum atomic E-state index is 0.437. The number of aromatic nitrogens is 3. The smallest absolute Gasteiger partial charge is 0.263 e. The summed E-state index contributed by atoms with van der Waals surface area (Å²) in [6, 6.07) is 2.05. The fourth-order valence-corrected chi connectivity index (χ4v) is 2.09. The molecular weight excluding hydrogens is 236 g/mol. The van der Waals surface area contributed by atoms with Gasteiger partial charge in [0.2, 0.25) is 0 Å². The van der Waals surface area contributed by atoms with E-state index in [4.69, 9.17) is 5.84 Å². The number of nitrogen functional groups attached to an aromatic ring is 1. The van der Waals surface area contributed by atoms with Gasteiger partial charge in [-0.1, -0.05) is 6.92 Å². The van der Waals surface area contributed by atoms with Crippen LogP contribution in [0.5, 0.6) is 0 Å². The predicted molar refractivity (Wildman–Crippen MR) is 69.8 cm³/mol. The van der Waals surface area contributed by atoms with Gasteiger partial charge in [-0.2, -0.15) is 5.10 Å². The maximum Gasteiger partial charge on any atom is 0.263 e. The molecule has 2 heterocycles. The molecule has 2 rings (SSSR count). The van der Waals surface area contributed by atoms with Gasteiger partial charge in [0.15, 0.2) is 5.82 Å². The lowest BCUT2D eigenvalue weighted by atomic mass is 10.3. The van der Waals surface area contributed by atoms with Gasteiger partial charge < -0.3 is 5.84 Å². The van der Waals surface area contributed by atoms with Gasteiger partial charge >= 0.3 is 0 Å². The van der Waals surface area contributed by atoms with E-state index < -0.39 is 0 Å². The molecule has 90 valence electrons. The summed E-state index contributed by atoms with van der Waals surface area (Å²) in [5.74, 6) is 6.92. The molecule has 0 fully saturated rings. The van der Waals surface area contributed by atoms with Gasteiger partial charge in [-0.3, -0.25) is 0 Å². The number of hydrogen-bond donors (Lipinski definition) is 2. The van der Waals surface area contributed by atoms with Crippen molar-refractivity contribution in [2.45, 2.75) is 20.3 Å². The SMILES string of the molecule is CCc1nnc(N/N=C\c2sccc2C)n1N. The number of nitrogens with zero attached hydrogens (tertiary/aromatic N) is 4. The van der Waals surface area contributed by atoms with Crippen molar-refractivity contribution in [2.24, 2.45) is 5.10 Å².